The number of carboxylic acids is 1. The maximum atomic E-state index is 12.6. The average Bonchev–Trinajstić information content (AvgIpc) is 3.02. The number of carbonyl (C=O) groups excluding carboxylic acids is 1. The summed E-state index contributed by atoms with van der Waals surface area (Å²) in [5.74, 6) is -1.31. The summed E-state index contributed by atoms with van der Waals surface area (Å²) in [6.45, 7) is 0.202. The lowest BCUT2D eigenvalue weighted by Gasteiger charge is -2.21. The van der Waals surface area contributed by atoms with Gasteiger partial charge in [-0.3, -0.25) is 9.59 Å². The molecule has 1 saturated heterocycles. The quantitative estimate of drug-likeness (QED) is 0.842. The first-order valence-corrected chi connectivity index (χ1v) is 8.01. The zero-order chi connectivity index (χ0) is 15.2. The Morgan fingerprint density at radius 2 is 2.14 bits per heavy atom. The van der Waals surface area contributed by atoms with Crippen LogP contribution in [0.25, 0.3) is 0 Å². The predicted molar refractivity (Wildman–Crippen MR) is 73.3 cm³/mol. The molecule has 1 atom stereocenters. The van der Waals surface area contributed by atoms with Crippen molar-refractivity contribution < 1.29 is 23.1 Å². The average molecular weight is 310 g/mol. The van der Waals surface area contributed by atoms with Crippen LogP contribution in [0.1, 0.15) is 18.4 Å². The molecule has 0 bridgehead atoms. The third-order valence-corrected chi connectivity index (χ3v) is 5.70. The lowest BCUT2D eigenvalue weighted by atomic mass is 10.2. The van der Waals surface area contributed by atoms with Crippen LogP contribution in [0, 0.1) is 0 Å². The Balaban J connectivity index is 1.98. The molecular weight excluding hydrogens is 296 g/mol. The largest absolute Gasteiger partial charge is 0.480 e. The highest BCUT2D eigenvalue weighted by Gasteiger charge is 2.39. The van der Waals surface area contributed by atoms with Gasteiger partial charge in [0.05, 0.1) is 11.3 Å². The Morgan fingerprint density at radius 3 is 2.86 bits per heavy atom. The van der Waals surface area contributed by atoms with E-state index in [-0.39, 0.29) is 23.8 Å². The summed E-state index contributed by atoms with van der Waals surface area (Å²) < 4.78 is 26.2. The third-order valence-electron chi connectivity index (χ3n) is 3.80. The fourth-order valence-corrected chi connectivity index (χ4v) is 4.48. The number of nitrogens with one attached hydrogen (secondary N) is 1. The predicted octanol–water partition coefficient (Wildman–Crippen LogP) is 0.419. The number of fused-ring (bicyclic) bond motifs is 1. The maximum absolute atomic E-state index is 12.6. The number of aliphatic carboxylic acids is 1. The number of carboxylic acid groups (broad SMARTS) is 1. The molecule has 7 nitrogen and oxygen atoms in total. The molecule has 1 aromatic rings. The molecule has 8 heteroatoms. The van der Waals surface area contributed by atoms with Crippen molar-refractivity contribution in [3.8, 4) is 0 Å². The van der Waals surface area contributed by atoms with Crippen molar-refractivity contribution in [1.29, 1.82) is 0 Å². The summed E-state index contributed by atoms with van der Waals surface area (Å²) in [4.78, 5) is 22.5. The highest BCUT2D eigenvalue weighted by Crippen LogP contribution is 2.30. The van der Waals surface area contributed by atoms with Crippen LogP contribution in [-0.4, -0.2) is 42.3 Å². The van der Waals surface area contributed by atoms with Crippen LogP contribution in [0.15, 0.2) is 23.1 Å². The molecule has 0 saturated carbocycles. The first kappa shape index (κ1) is 14.0. The molecule has 3 rings (SSSR count). The highest BCUT2D eigenvalue weighted by atomic mass is 32.2. The zero-order valence-electron chi connectivity index (χ0n) is 11.1. The Hall–Kier alpha value is -1.93. The van der Waals surface area contributed by atoms with Gasteiger partial charge in [0.15, 0.2) is 0 Å². The van der Waals surface area contributed by atoms with E-state index in [0.29, 0.717) is 24.1 Å². The monoisotopic (exact) mass is 310 g/mol. The second kappa shape index (κ2) is 4.81. The Labute approximate surface area is 121 Å². The van der Waals surface area contributed by atoms with Gasteiger partial charge in [-0.1, -0.05) is 0 Å². The van der Waals surface area contributed by atoms with E-state index in [1.165, 1.54) is 12.1 Å². The van der Waals surface area contributed by atoms with Crippen molar-refractivity contribution in [3.63, 3.8) is 0 Å². The van der Waals surface area contributed by atoms with E-state index in [1.54, 1.807) is 6.07 Å². The van der Waals surface area contributed by atoms with Gasteiger partial charge in [0.1, 0.15) is 6.04 Å². The van der Waals surface area contributed by atoms with Crippen molar-refractivity contribution in [3.05, 3.63) is 23.8 Å². The van der Waals surface area contributed by atoms with Crippen LogP contribution < -0.4 is 5.32 Å². The second-order valence-electron chi connectivity index (χ2n) is 5.16. The molecule has 112 valence electrons. The van der Waals surface area contributed by atoms with Gasteiger partial charge in [0, 0.05) is 12.2 Å². The van der Waals surface area contributed by atoms with E-state index in [1.807, 2.05) is 0 Å². The molecule has 0 radical (unpaired) electrons. The fourth-order valence-electron chi connectivity index (χ4n) is 2.78. The Kier molecular flexibility index (Phi) is 3.22. The molecular formula is C13H14N2O5S. The molecule has 0 unspecified atom stereocenters. The van der Waals surface area contributed by atoms with E-state index >= 15 is 0 Å². The highest BCUT2D eigenvalue weighted by molar-refractivity contribution is 7.89. The molecule has 2 aliphatic rings. The minimum Gasteiger partial charge on any atom is -0.480 e. The first-order valence-electron chi connectivity index (χ1n) is 6.57. The molecule has 21 heavy (non-hydrogen) atoms. The molecule has 1 fully saturated rings. The number of sulfonamides is 1. The van der Waals surface area contributed by atoms with Crippen LogP contribution in [0.2, 0.25) is 0 Å². The summed E-state index contributed by atoms with van der Waals surface area (Å²) >= 11 is 0. The zero-order valence-corrected chi connectivity index (χ0v) is 11.9. The van der Waals surface area contributed by atoms with Gasteiger partial charge < -0.3 is 10.4 Å². The number of carbonyl (C=O) groups is 2. The topological polar surface area (TPSA) is 104 Å². The van der Waals surface area contributed by atoms with Crippen molar-refractivity contribution in [2.45, 2.75) is 30.2 Å². The number of benzene rings is 1. The van der Waals surface area contributed by atoms with Crippen molar-refractivity contribution >= 4 is 27.6 Å². The number of nitrogens with zero attached hydrogens (tertiary/aromatic N) is 1. The van der Waals surface area contributed by atoms with Gasteiger partial charge in [0.2, 0.25) is 15.9 Å². The maximum Gasteiger partial charge on any atom is 0.322 e. The van der Waals surface area contributed by atoms with E-state index in [4.69, 9.17) is 5.11 Å². The fraction of sp³-hybridized carbons (Fsp3) is 0.385. The van der Waals surface area contributed by atoms with E-state index < -0.39 is 22.0 Å². The van der Waals surface area contributed by atoms with Crippen LogP contribution in [0.3, 0.4) is 0 Å². The summed E-state index contributed by atoms with van der Waals surface area (Å²) in [5.41, 5.74) is 1.22. The Bertz CT molecular complexity index is 728. The third kappa shape index (κ3) is 2.30. The number of anilines is 1. The minimum absolute atomic E-state index is 0.0332. The van der Waals surface area contributed by atoms with Crippen molar-refractivity contribution in [1.82, 2.24) is 4.31 Å². The SMILES string of the molecule is O=C1Cc2cc(S(=O)(=O)N3CCC[C@H]3C(=O)O)ccc2N1. The molecule has 0 aromatic heterocycles. The summed E-state index contributed by atoms with van der Waals surface area (Å²) in [6, 6.07) is 3.37. The van der Waals surface area contributed by atoms with Crippen LogP contribution in [-0.2, 0) is 26.0 Å². The molecule has 1 amide bonds. The van der Waals surface area contributed by atoms with E-state index in [9.17, 15) is 18.0 Å². The van der Waals surface area contributed by atoms with E-state index in [0.717, 1.165) is 4.31 Å². The van der Waals surface area contributed by atoms with Crippen LogP contribution in [0.4, 0.5) is 5.69 Å². The molecule has 0 aliphatic carbocycles. The molecule has 2 aliphatic heterocycles. The van der Waals surface area contributed by atoms with Gasteiger partial charge in [0.25, 0.3) is 0 Å². The number of amides is 1. The number of hydrogen-bond donors (Lipinski definition) is 2. The molecule has 2 heterocycles. The normalized spacial score (nSPS) is 22.1. The number of rotatable bonds is 3. The molecule has 2 N–H and O–H groups in total. The van der Waals surface area contributed by atoms with Crippen molar-refractivity contribution in [2.24, 2.45) is 0 Å². The molecule has 0 spiro atoms. The second-order valence-corrected chi connectivity index (χ2v) is 7.05. The van der Waals surface area contributed by atoms with Gasteiger partial charge in [-0.05, 0) is 36.6 Å². The smallest absolute Gasteiger partial charge is 0.322 e. The Morgan fingerprint density at radius 1 is 1.38 bits per heavy atom. The van der Waals surface area contributed by atoms with Gasteiger partial charge in [-0.25, -0.2) is 8.42 Å². The lowest BCUT2D eigenvalue weighted by Crippen LogP contribution is -2.40. The molecule has 1 aromatic carbocycles. The standard InChI is InChI=1S/C13H14N2O5S/c16-12-7-8-6-9(3-4-10(8)14-12)21(19,20)15-5-1-2-11(15)13(17)18/h3-4,6,11H,1-2,5,7H2,(H,14,16)(H,17,18)/t11-/m0/s1. The van der Waals surface area contributed by atoms with Crippen LogP contribution >= 0.6 is 0 Å². The lowest BCUT2D eigenvalue weighted by molar-refractivity contribution is -0.140. The van der Waals surface area contributed by atoms with Gasteiger partial charge in [-0.2, -0.15) is 4.31 Å². The minimum atomic E-state index is -3.86. The van der Waals surface area contributed by atoms with Crippen molar-refractivity contribution in [2.75, 3.05) is 11.9 Å². The summed E-state index contributed by atoms with van der Waals surface area (Å²) in [5, 5.41) is 11.8. The number of hydrogen-bond acceptors (Lipinski definition) is 4. The summed E-state index contributed by atoms with van der Waals surface area (Å²) in [6.07, 6.45) is 0.988. The van der Waals surface area contributed by atoms with Gasteiger partial charge in [-0.15, -0.1) is 0 Å². The van der Waals surface area contributed by atoms with Gasteiger partial charge >= 0.3 is 5.97 Å². The van der Waals surface area contributed by atoms with Crippen LogP contribution in [0.5, 0.6) is 0 Å². The summed E-state index contributed by atoms with van der Waals surface area (Å²) in [7, 11) is -3.86. The van der Waals surface area contributed by atoms with E-state index in [2.05, 4.69) is 5.32 Å². The first-order chi connectivity index (χ1) is 9.89.